The summed E-state index contributed by atoms with van der Waals surface area (Å²) in [5.41, 5.74) is 0.561. The lowest BCUT2D eigenvalue weighted by molar-refractivity contribution is 0.0444. The topological polar surface area (TPSA) is 74.2 Å². The molecular weight excluding hydrogens is 458 g/mol. The first-order valence-corrected chi connectivity index (χ1v) is 11.9. The molecule has 1 atom stereocenters. The van der Waals surface area contributed by atoms with Crippen molar-refractivity contribution < 1.29 is 37.6 Å². The van der Waals surface area contributed by atoms with Crippen LogP contribution in [0.2, 0.25) is 0 Å². The number of aryl methyl sites for hydroxylation is 1. The predicted molar refractivity (Wildman–Crippen MR) is 128 cm³/mol. The first-order valence-electron chi connectivity index (χ1n) is 11.9. The van der Waals surface area contributed by atoms with Crippen LogP contribution >= 0.6 is 0 Å². The maximum absolute atomic E-state index is 14.0. The van der Waals surface area contributed by atoms with E-state index in [-0.39, 0.29) is 39.9 Å². The number of carbonyl (C=O) groups excluding carboxylic acids is 1. The minimum absolute atomic E-state index is 0.00856. The van der Waals surface area contributed by atoms with Gasteiger partial charge in [-0.05, 0) is 55.4 Å². The molecular formula is C27H34F2O6. The van der Waals surface area contributed by atoms with Crippen molar-refractivity contribution in [1.29, 1.82) is 0 Å². The van der Waals surface area contributed by atoms with Gasteiger partial charge in [0.05, 0.1) is 19.8 Å². The van der Waals surface area contributed by atoms with Gasteiger partial charge in [-0.3, -0.25) is 0 Å². The van der Waals surface area contributed by atoms with Crippen LogP contribution in [0, 0.1) is 18.8 Å². The Morgan fingerprint density at radius 3 is 2.46 bits per heavy atom. The Bertz CT molecular complexity index is 1060. The van der Waals surface area contributed by atoms with Crippen LogP contribution in [0.5, 0.6) is 23.0 Å². The molecule has 8 heteroatoms. The molecule has 1 heterocycles. The van der Waals surface area contributed by atoms with E-state index in [2.05, 4.69) is 13.8 Å². The number of ether oxygens (including phenoxy) is 4. The number of hydrogen-bond donors (Lipinski definition) is 1. The summed E-state index contributed by atoms with van der Waals surface area (Å²) in [5.74, 6) is 0.396. The van der Waals surface area contributed by atoms with Gasteiger partial charge in [0.15, 0.2) is 11.5 Å². The molecule has 2 aromatic carbocycles. The maximum Gasteiger partial charge on any atom is 0.346 e. The van der Waals surface area contributed by atoms with Crippen LogP contribution in [0.1, 0.15) is 85.7 Å². The fraction of sp³-hybridized carbons (Fsp3) is 0.519. The molecule has 0 amide bonds. The largest absolute Gasteiger partial charge is 0.495 e. The van der Waals surface area contributed by atoms with E-state index in [9.17, 15) is 18.7 Å². The van der Waals surface area contributed by atoms with Gasteiger partial charge in [-0.2, -0.15) is 0 Å². The average Bonchev–Trinajstić information content (AvgIpc) is 2.76. The van der Waals surface area contributed by atoms with Crippen molar-refractivity contribution in [3.8, 4) is 23.0 Å². The summed E-state index contributed by atoms with van der Waals surface area (Å²) >= 11 is 0. The fourth-order valence-electron chi connectivity index (χ4n) is 4.15. The number of cyclic esters (lactones) is 1. The Labute approximate surface area is 205 Å². The Morgan fingerprint density at radius 1 is 1.14 bits per heavy atom. The zero-order chi connectivity index (χ0) is 25.9. The number of carbonyl (C=O) groups is 1. The summed E-state index contributed by atoms with van der Waals surface area (Å²) in [7, 11) is 1.39. The Morgan fingerprint density at radius 2 is 1.86 bits per heavy atom. The highest BCUT2D eigenvalue weighted by Gasteiger charge is 2.33. The standard InChI is InChI=1S/C27H34F2O6/c1-14(2)9-10-33-21-12-16(5)22(26(28)29)18-13-34-27(31)23-20(35-24(18)21)8-7-17(25(23)32-6)19(30)11-15(3)4/h7-8,12,14-15,19,26,30H,9-11,13H2,1-6H3/t19-/m0/s1. The zero-order valence-corrected chi connectivity index (χ0v) is 21.1. The van der Waals surface area contributed by atoms with Gasteiger partial charge in [0.2, 0.25) is 0 Å². The number of benzene rings is 2. The summed E-state index contributed by atoms with van der Waals surface area (Å²) in [6.07, 6.45) is -2.44. The van der Waals surface area contributed by atoms with Crippen LogP contribution in [-0.2, 0) is 11.3 Å². The minimum Gasteiger partial charge on any atom is -0.495 e. The molecule has 2 aromatic rings. The van der Waals surface area contributed by atoms with Gasteiger partial charge >= 0.3 is 5.97 Å². The van der Waals surface area contributed by atoms with E-state index in [1.165, 1.54) is 19.2 Å². The van der Waals surface area contributed by atoms with Crippen LogP contribution < -0.4 is 14.2 Å². The molecule has 0 saturated carbocycles. The van der Waals surface area contributed by atoms with Crippen molar-refractivity contribution in [1.82, 2.24) is 0 Å². The summed E-state index contributed by atoms with van der Waals surface area (Å²) in [6, 6.07) is 4.66. The average molecular weight is 493 g/mol. The maximum atomic E-state index is 14.0. The number of aliphatic hydroxyl groups excluding tert-OH is 1. The Balaban J connectivity index is 2.16. The summed E-state index contributed by atoms with van der Waals surface area (Å²) in [6.45, 7) is 9.58. The van der Waals surface area contributed by atoms with E-state index in [1.807, 2.05) is 13.8 Å². The molecule has 0 aliphatic carbocycles. The van der Waals surface area contributed by atoms with Crippen LogP contribution in [0.15, 0.2) is 18.2 Å². The molecule has 0 unspecified atom stereocenters. The Kier molecular flexibility index (Phi) is 8.59. The van der Waals surface area contributed by atoms with Crippen LogP contribution in [0.3, 0.4) is 0 Å². The van der Waals surface area contributed by atoms with E-state index in [1.54, 1.807) is 13.0 Å². The zero-order valence-electron chi connectivity index (χ0n) is 21.1. The smallest absolute Gasteiger partial charge is 0.346 e. The van der Waals surface area contributed by atoms with Crippen molar-refractivity contribution in [3.63, 3.8) is 0 Å². The minimum atomic E-state index is -2.79. The van der Waals surface area contributed by atoms with Crippen molar-refractivity contribution >= 4 is 5.97 Å². The summed E-state index contributed by atoms with van der Waals surface area (Å²) in [5, 5.41) is 10.7. The molecule has 192 valence electrons. The quantitative estimate of drug-likeness (QED) is 0.384. The van der Waals surface area contributed by atoms with Crippen molar-refractivity contribution in [2.75, 3.05) is 13.7 Å². The first-order chi connectivity index (χ1) is 16.5. The monoisotopic (exact) mass is 492 g/mol. The molecule has 1 aliphatic rings. The van der Waals surface area contributed by atoms with E-state index in [0.717, 1.165) is 6.42 Å². The third kappa shape index (κ3) is 5.86. The fourth-order valence-corrected chi connectivity index (χ4v) is 4.15. The predicted octanol–water partition coefficient (Wildman–Crippen LogP) is 6.91. The van der Waals surface area contributed by atoms with Crippen LogP contribution in [0.25, 0.3) is 0 Å². The van der Waals surface area contributed by atoms with Gasteiger partial charge in [0.25, 0.3) is 6.43 Å². The highest BCUT2D eigenvalue weighted by atomic mass is 19.3. The van der Waals surface area contributed by atoms with Gasteiger partial charge < -0.3 is 24.1 Å². The molecule has 3 rings (SSSR count). The SMILES string of the molecule is COc1c([C@@H](O)CC(C)C)ccc2c1C(=O)OCc1c(c(OCCC(C)C)cc(C)c1C(F)F)O2. The van der Waals surface area contributed by atoms with E-state index >= 15 is 0 Å². The normalized spacial score (nSPS) is 14.1. The molecule has 6 nitrogen and oxygen atoms in total. The number of alkyl halides is 2. The third-order valence-electron chi connectivity index (χ3n) is 5.94. The number of rotatable bonds is 9. The second kappa shape index (κ2) is 11.2. The number of aliphatic hydroxyl groups is 1. The van der Waals surface area contributed by atoms with Gasteiger partial charge in [-0.25, -0.2) is 13.6 Å². The summed E-state index contributed by atoms with van der Waals surface area (Å²) < 4.78 is 51.1. The molecule has 0 radical (unpaired) electrons. The lowest BCUT2D eigenvalue weighted by atomic mass is 9.96. The molecule has 35 heavy (non-hydrogen) atoms. The van der Waals surface area contributed by atoms with Crippen LogP contribution in [-0.4, -0.2) is 24.8 Å². The van der Waals surface area contributed by atoms with Crippen molar-refractivity contribution in [2.24, 2.45) is 11.8 Å². The van der Waals surface area contributed by atoms with Crippen molar-refractivity contribution in [3.05, 3.63) is 46.0 Å². The second-order valence-electron chi connectivity index (χ2n) is 9.63. The molecule has 1 aliphatic heterocycles. The van der Waals surface area contributed by atoms with Gasteiger partial charge in [0.1, 0.15) is 23.7 Å². The van der Waals surface area contributed by atoms with Gasteiger partial charge in [-0.1, -0.05) is 27.7 Å². The molecule has 1 N–H and O–H groups in total. The molecule has 0 aromatic heterocycles. The van der Waals surface area contributed by atoms with Crippen LogP contribution in [0.4, 0.5) is 8.78 Å². The molecule has 0 saturated heterocycles. The van der Waals surface area contributed by atoms with Crippen molar-refractivity contribution in [2.45, 2.75) is 66.6 Å². The molecule has 0 bridgehead atoms. The third-order valence-corrected chi connectivity index (χ3v) is 5.94. The number of methoxy groups -OCH3 is 1. The van der Waals surface area contributed by atoms with Gasteiger partial charge in [0, 0.05) is 16.7 Å². The van der Waals surface area contributed by atoms with E-state index < -0.39 is 25.1 Å². The van der Waals surface area contributed by atoms with E-state index in [4.69, 9.17) is 18.9 Å². The lowest BCUT2D eigenvalue weighted by Crippen LogP contribution is -2.17. The number of halogens is 2. The summed E-state index contributed by atoms with van der Waals surface area (Å²) in [4.78, 5) is 13.1. The Hall–Kier alpha value is -2.87. The van der Waals surface area contributed by atoms with Gasteiger partial charge in [-0.15, -0.1) is 0 Å². The highest BCUT2D eigenvalue weighted by molar-refractivity contribution is 5.96. The first kappa shape index (κ1) is 26.7. The van der Waals surface area contributed by atoms with E-state index in [0.29, 0.717) is 35.8 Å². The molecule has 0 fully saturated rings. The highest BCUT2D eigenvalue weighted by Crippen LogP contribution is 2.47. The number of hydrogen-bond acceptors (Lipinski definition) is 6. The number of fused-ring (bicyclic) bond motifs is 2. The molecule has 0 spiro atoms. The number of esters is 1. The second-order valence-corrected chi connectivity index (χ2v) is 9.63. The lowest BCUT2D eigenvalue weighted by Gasteiger charge is -2.26.